The number of ether oxygens (including phenoxy) is 1. The Balaban J connectivity index is 1.73. The third-order valence-corrected chi connectivity index (χ3v) is 4.85. The van der Waals surface area contributed by atoms with Gasteiger partial charge in [0.05, 0.1) is 30.6 Å². The summed E-state index contributed by atoms with van der Waals surface area (Å²) in [6.07, 6.45) is 1.54. The first-order valence-electron chi connectivity index (χ1n) is 8.87. The lowest BCUT2D eigenvalue weighted by Gasteiger charge is -2.25. The number of hydrogen-bond acceptors (Lipinski definition) is 4. The van der Waals surface area contributed by atoms with Gasteiger partial charge >= 0.3 is 0 Å². The predicted molar refractivity (Wildman–Crippen MR) is 111 cm³/mol. The van der Waals surface area contributed by atoms with Crippen molar-refractivity contribution in [2.24, 2.45) is 0 Å². The normalized spacial score (nSPS) is 12.0. The summed E-state index contributed by atoms with van der Waals surface area (Å²) >= 11 is 5.95. The number of rotatable bonds is 7. The molecule has 0 saturated heterocycles. The molecule has 2 N–H and O–H groups in total. The van der Waals surface area contributed by atoms with Crippen LogP contribution in [-0.4, -0.2) is 48.8 Å². The van der Waals surface area contributed by atoms with Crippen LogP contribution in [-0.2, 0) is 0 Å². The minimum Gasteiger partial charge on any atom is -0.497 e. The van der Waals surface area contributed by atoms with Crippen LogP contribution in [0.3, 0.4) is 0 Å². The number of nitrogens with zero attached hydrogens (tertiary/aromatic N) is 2. The highest BCUT2D eigenvalue weighted by molar-refractivity contribution is 6.30. The minimum atomic E-state index is -0.181. The van der Waals surface area contributed by atoms with Crippen LogP contribution < -0.4 is 10.1 Å². The number of H-pyrrole nitrogens is 1. The Hall–Kier alpha value is -2.83. The van der Waals surface area contributed by atoms with Crippen LogP contribution >= 0.6 is 11.6 Å². The zero-order valence-electron chi connectivity index (χ0n) is 16.1. The van der Waals surface area contributed by atoms with Crippen molar-refractivity contribution in [1.29, 1.82) is 0 Å². The summed E-state index contributed by atoms with van der Waals surface area (Å²) < 4.78 is 5.22. The number of methoxy groups -OCH3 is 1. The van der Waals surface area contributed by atoms with Crippen LogP contribution in [0.4, 0.5) is 0 Å². The quantitative estimate of drug-likeness (QED) is 0.635. The number of carbonyl (C=O) groups excluding carboxylic acids is 1. The highest BCUT2D eigenvalue weighted by Crippen LogP contribution is 2.24. The maximum absolute atomic E-state index is 12.8. The van der Waals surface area contributed by atoms with Gasteiger partial charge in [-0.1, -0.05) is 35.9 Å². The number of halogens is 1. The molecule has 6 nitrogen and oxygen atoms in total. The lowest BCUT2D eigenvalue weighted by atomic mass is 10.0. The third-order valence-electron chi connectivity index (χ3n) is 4.60. The molecule has 0 aliphatic heterocycles. The first-order chi connectivity index (χ1) is 13.5. The molecule has 28 heavy (non-hydrogen) atoms. The van der Waals surface area contributed by atoms with Gasteiger partial charge in [0.1, 0.15) is 5.75 Å². The van der Waals surface area contributed by atoms with E-state index in [2.05, 4.69) is 20.4 Å². The molecule has 2 aromatic carbocycles. The van der Waals surface area contributed by atoms with Gasteiger partial charge in [0.25, 0.3) is 5.91 Å². The lowest BCUT2D eigenvalue weighted by Crippen LogP contribution is -2.34. The summed E-state index contributed by atoms with van der Waals surface area (Å²) in [5.74, 6) is 0.621. The van der Waals surface area contributed by atoms with Gasteiger partial charge in [-0.05, 0) is 43.9 Å². The monoisotopic (exact) mass is 398 g/mol. The van der Waals surface area contributed by atoms with E-state index in [0.717, 1.165) is 16.9 Å². The van der Waals surface area contributed by atoms with Crippen LogP contribution in [0.25, 0.3) is 11.3 Å². The van der Waals surface area contributed by atoms with E-state index in [9.17, 15) is 4.79 Å². The Bertz CT molecular complexity index is 920. The van der Waals surface area contributed by atoms with Crippen molar-refractivity contribution in [3.05, 3.63) is 70.9 Å². The molecule has 0 spiro atoms. The number of nitrogens with one attached hydrogen (secondary N) is 2. The number of amides is 1. The van der Waals surface area contributed by atoms with Gasteiger partial charge in [-0.2, -0.15) is 5.10 Å². The molecule has 1 heterocycles. The molecule has 1 atom stereocenters. The van der Waals surface area contributed by atoms with Crippen molar-refractivity contribution in [3.8, 4) is 17.0 Å². The Labute approximate surface area is 169 Å². The van der Waals surface area contributed by atoms with Crippen molar-refractivity contribution >= 4 is 17.5 Å². The molecule has 0 radical (unpaired) electrons. The molecule has 146 valence electrons. The van der Waals surface area contributed by atoms with Gasteiger partial charge in [0, 0.05) is 17.1 Å². The average molecular weight is 399 g/mol. The second kappa shape index (κ2) is 8.91. The molecule has 0 aliphatic rings. The molecule has 0 fully saturated rings. The molecule has 7 heteroatoms. The summed E-state index contributed by atoms with van der Waals surface area (Å²) in [6.45, 7) is 0.462. The number of benzene rings is 2. The number of aromatic amines is 1. The Morgan fingerprint density at radius 3 is 2.46 bits per heavy atom. The van der Waals surface area contributed by atoms with Crippen molar-refractivity contribution in [1.82, 2.24) is 20.4 Å². The first-order valence-corrected chi connectivity index (χ1v) is 9.25. The van der Waals surface area contributed by atoms with Crippen LogP contribution in [0.2, 0.25) is 5.02 Å². The summed E-state index contributed by atoms with van der Waals surface area (Å²) in [5.41, 5.74) is 3.11. The van der Waals surface area contributed by atoms with Crippen molar-refractivity contribution in [2.45, 2.75) is 6.04 Å². The highest BCUT2D eigenvalue weighted by atomic mass is 35.5. The van der Waals surface area contributed by atoms with E-state index in [1.807, 2.05) is 50.5 Å². The molecule has 1 amide bonds. The topological polar surface area (TPSA) is 70.2 Å². The van der Waals surface area contributed by atoms with E-state index >= 15 is 0 Å². The smallest absolute Gasteiger partial charge is 0.255 e. The molecule has 0 saturated carbocycles. The van der Waals surface area contributed by atoms with Crippen molar-refractivity contribution < 1.29 is 9.53 Å². The van der Waals surface area contributed by atoms with Crippen LogP contribution in [0.5, 0.6) is 5.75 Å². The van der Waals surface area contributed by atoms with Gasteiger partial charge in [-0.3, -0.25) is 9.89 Å². The van der Waals surface area contributed by atoms with Gasteiger partial charge in [-0.15, -0.1) is 0 Å². The summed E-state index contributed by atoms with van der Waals surface area (Å²) in [7, 11) is 5.61. The zero-order valence-corrected chi connectivity index (χ0v) is 16.8. The molecular weight excluding hydrogens is 376 g/mol. The van der Waals surface area contributed by atoms with Crippen LogP contribution in [0.1, 0.15) is 22.0 Å². The predicted octanol–water partition coefficient (Wildman–Crippen LogP) is 3.77. The summed E-state index contributed by atoms with van der Waals surface area (Å²) in [4.78, 5) is 14.9. The maximum Gasteiger partial charge on any atom is 0.255 e. The second-order valence-electron chi connectivity index (χ2n) is 6.63. The maximum atomic E-state index is 12.8. The Morgan fingerprint density at radius 2 is 1.86 bits per heavy atom. The van der Waals surface area contributed by atoms with E-state index < -0.39 is 0 Å². The highest BCUT2D eigenvalue weighted by Gasteiger charge is 2.19. The fraction of sp³-hybridized carbons (Fsp3) is 0.238. The summed E-state index contributed by atoms with van der Waals surface area (Å²) in [5, 5.41) is 10.6. The Morgan fingerprint density at radius 1 is 1.18 bits per heavy atom. The number of carbonyl (C=O) groups is 1. The van der Waals surface area contributed by atoms with Gasteiger partial charge in [-0.25, -0.2) is 0 Å². The standard InChI is InChI=1S/C21H23ClN4O2/c1-26(2)19(14-6-10-17(28-3)11-7-14)13-23-21(27)18-12-24-25-20(18)15-4-8-16(22)9-5-15/h4-12,19H,13H2,1-3H3,(H,23,27)(H,24,25). The van der Waals surface area contributed by atoms with Gasteiger partial charge in [0.2, 0.25) is 0 Å². The lowest BCUT2D eigenvalue weighted by molar-refractivity contribution is 0.0942. The number of likely N-dealkylation sites (N-methyl/N-ethyl adjacent to an activating group) is 1. The molecule has 0 aliphatic carbocycles. The van der Waals surface area contributed by atoms with E-state index in [4.69, 9.17) is 16.3 Å². The molecule has 0 bridgehead atoms. The number of aromatic nitrogens is 2. The molecule has 3 rings (SSSR count). The summed E-state index contributed by atoms with van der Waals surface area (Å²) in [6, 6.07) is 15.2. The van der Waals surface area contributed by atoms with E-state index in [-0.39, 0.29) is 11.9 Å². The molecule has 1 unspecified atom stereocenters. The first kappa shape index (κ1) is 19.9. The number of hydrogen-bond donors (Lipinski definition) is 2. The average Bonchev–Trinajstić information content (AvgIpc) is 3.19. The minimum absolute atomic E-state index is 0.0285. The van der Waals surface area contributed by atoms with Crippen molar-refractivity contribution in [2.75, 3.05) is 27.7 Å². The van der Waals surface area contributed by atoms with E-state index in [1.54, 1.807) is 19.2 Å². The van der Waals surface area contributed by atoms with Crippen LogP contribution in [0, 0.1) is 0 Å². The molecular formula is C21H23ClN4O2. The Kier molecular flexibility index (Phi) is 6.34. The third kappa shape index (κ3) is 4.52. The van der Waals surface area contributed by atoms with Gasteiger partial charge < -0.3 is 15.0 Å². The van der Waals surface area contributed by atoms with E-state index in [1.165, 1.54) is 6.20 Å². The fourth-order valence-electron chi connectivity index (χ4n) is 3.00. The fourth-order valence-corrected chi connectivity index (χ4v) is 3.13. The SMILES string of the molecule is COc1ccc(C(CNC(=O)c2cn[nH]c2-c2ccc(Cl)cc2)N(C)C)cc1. The van der Waals surface area contributed by atoms with Gasteiger partial charge in [0.15, 0.2) is 0 Å². The van der Waals surface area contributed by atoms with Crippen LogP contribution in [0.15, 0.2) is 54.7 Å². The molecule has 3 aromatic rings. The van der Waals surface area contributed by atoms with Crippen molar-refractivity contribution in [3.63, 3.8) is 0 Å². The molecule has 1 aromatic heterocycles. The van der Waals surface area contributed by atoms with E-state index in [0.29, 0.717) is 22.8 Å². The largest absolute Gasteiger partial charge is 0.497 e. The zero-order chi connectivity index (χ0) is 20.1. The second-order valence-corrected chi connectivity index (χ2v) is 7.06.